The average Bonchev–Trinajstić information content (AvgIpc) is 3.04. The third-order valence-electron chi connectivity index (χ3n) is 5.22. The lowest BCUT2D eigenvalue weighted by molar-refractivity contribution is -0.132. The molecule has 2 fully saturated rings. The lowest BCUT2D eigenvalue weighted by Crippen LogP contribution is -2.58. The third kappa shape index (κ3) is 2.28. The second-order valence-electron chi connectivity index (χ2n) is 7.02. The van der Waals surface area contributed by atoms with Crippen LogP contribution in [0.3, 0.4) is 0 Å². The number of fused-ring (bicyclic) bond motifs is 1. The largest absolute Gasteiger partial charge is 0.474 e. The summed E-state index contributed by atoms with van der Waals surface area (Å²) in [6.45, 7) is 5.17. The van der Waals surface area contributed by atoms with Crippen molar-refractivity contribution in [1.82, 2.24) is 19.6 Å². The summed E-state index contributed by atoms with van der Waals surface area (Å²) in [5.74, 6) is 0.477. The van der Waals surface area contributed by atoms with Crippen LogP contribution in [0.5, 0.6) is 5.88 Å². The van der Waals surface area contributed by atoms with Crippen LogP contribution in [-0.4, -0.2) is 77.3 Å². The number of likely N-dealkylation sites (N-methyl/N-ethyl adjacent to an activating group) is 1. The van der Waals surface area contributed by atoms with Gasteiger partial charge in [0, 0.05) is 33.1 Å². The van der Waals surface area contributed by atoms with Gasteiger partial charge in [0.15, 0.2) is 0 Å². The Hall–Kier alpha value is -2.09. The van der Waals surface area contributed by atoms with Crippen molar-refractivity contribution < 1.29 is 14.3 Å². The standard InChI is InChI=1S/C16H23N5O3/c1-10-14-16(19(3)17-10)24-5-4-20(14)15(23)11-6-13(22)21(7-11)12-8-18(2)9-12/h11-12H,4-9H2,1-3H3. The fourth-order valence-electron chi connectivity index (χ4n) is 4.00. The van der Waals surface area contributed by atoms with Crippen molar-refractivity contribution >= 4 is 17.5 Å². The first kappa shape index (κ1) is 15.4. The van der Waals surface area contributed by atoms with Gasteiger partial charge in [-0.1, -0.05) is 0 Å². The Bertz CT molecular complexity index is 694. The number of rotatable bonds is 2. The van der Waals surface area contributed by atoms with E-state index in [0.29, 0.717) is 32.0 Å². The summed E-state index contributed by atoms with van der Waals surface area (Å²) in [6.07, 6.45) is 0.311. The second-order valence-corrected chi connectivity index (χ2v) is 7.02. The van der Waals surface area contributed by atoms with Gasteiger partial charge in [0.25, 0.3) is 0 Å². The van der Waals surface area contributed by atoms with Gasteiger partial charge in [0.05, 0.1) is 24.2 Å². The molecule has 3 aliphatic heterocycles. The van der Waals surface area contributed by atoms with Gasteiger partial charge in [0.2, 0.25) is 17.7 Å². The Balaban J connectivity index is 1.52. The number of ether oxygens (including phenoxy) is 1. The molecule has 8 nitrogen and oxygen atoms in total. The van der Waals surface area contributed by atoms with Crippen LogP contribution < -0.4 is 9.64 Å². The highest BCUT2D eigenvalue weighted by Gasteiger charge is 2.43. The predicted molar refractivity (Wildman–Crippen MR) is 86.9 cm³/mol. The Morgan fingerprint density at radius 3 is 2.71 bits per heavy atom. The number of hydrogen-bond donors (Lipinski definition) is 0. The molecule has 8 heteroatoms. The SMILES string of the molecule is Cc1nn(C)c2c1N(C(=O)C1CC(=O)N(C3CN(C)C3)C1)CCO2. The Morgan fingerprint density at radius 2 is 2.00 bits per heavy atom. The van der Waals surface area contributed by atoms with Crippen LogP contribution in [0.4, 0.5) is 5.69 Å². The van der Waals surface area contributed by atoms with Crippen LogP contribution in [0.2, 0.25) is 0 Å². The topological polar surface area (TPSA) is 70.9 Å². The number of hydrogen-bond acceptors (Lipinski definition) is 5. The monoisotopic (exact) mass is 333 g/mol. The summed E-state index contributed by atoms with van der Waals surface area (Å²) in [6, 6.07) is 0.265. The predicted octanol–water partition coefficient (Wildman–Crippen LogP) is -0.384. The van der Waals surface area contributed by atoms with Crippen LogP contribution >= 0.6 is 0 Å². The molecule has 2 saturated heterocycles. The zero-order chi connectivity index (χ0) is 17.0. The molecule has 130 valence electrons. The van der Waals surface area contributed by atoms with Gasteiger partial charge in [-0.3, -0.25) is 9.59 Å². The van der Waals surface area contributed by atoms with Crippen molar-refractivity contribution in [3.8, 4) is 5.88 Å². The van der Waals surface area contributed by atoms with Crippen LogP contribution in [0.15, 0.2) is 0 Å². The van der Waals surface area contributed by atoms with E-state index in [0.717, 1.165) is 24.5 Å². The highest BCUT2D eigenvalue weighted by atomic mass is 16.5. The number of carbonyl (C=O) groups is 2. The first-order valence-corrected chi connectivity index (χ1v) is 8.41. The van der Waals surface area contributed by atoms with E-state index in [1.807, 2.05) is 25.9 Å². The van der Waals surface area contributed by atoms with E-state index in [9.17, 15) is 9.59 Å². The number of aryl methyl sites for hydroxylation is 2. The molecule has 0 bridgehead atoms. The van der Waals surface area contributed by atoms with E-state index in [2.05, 4.69) is 10.00 Å². The molecule has 1 aromatic rings. The molecule has 3 aliphatic rings. The first-order valence-electron chi connectivity index (χ1n) is 8.41. The van der Waals surface area contributed by atoms with Gasteiger partial charge < -0.3 is 19.4 Å². The van der Waals surface area contributed by atoms with Gasteiger partial charge in [-0.05, 0) is 14.0 Å². The van der Waals surface area contributed by atoms with Gasteiger partial charge in [-0.15, -0.1) is 0 Å². The molecule has 24 heavy (non-hydrogen) atoms. The lowest BCUT2D eigenvalue weighted by Gasteiger charge is -2.42. The van der Waals surface area contributed by atoms with Crippen molar-refractivity contribution in [1.29, 1.82) is 0 Å². The third-order valence-corrected chi connectivity index (χ3v) is 5.22. The minimum Gasteiger partial charge on any atom is -0.474 e. The summed E-state index contributed by atoms with van der Waals surface area (Å²) in [7, 11) is 3.86. The zero-order valence-electron chi connectivity index (χ0n) is 14.4. The number of carbonyl (C=O) groups excluding carboxylic acids is 2. The normalized spacial score (nSPS) is 24.8. The van der Waals surface area contributed by atoms with E-state index >= 15 is 0 Å². The molecule has 0 aliphatic carbocycles. The molecule has 1 aromatic heterocycles. The maximum atomic E-state index is 13.1. The molecule has 4 rings (SSSR count). The molecule has 4 heterocycles. The van der Waals surface area contributed by atoms with Crippen molar-refractivity contribution in [2.75, 3.05) is 44.7 Å². The maximum absolute atomic E-state index is 13.1. The zero-order valence-corrected chi connectivity index (χ0v) is 14.4. The Kier molecular flexibility index (Phi) is 3.52. The highest BCUT2D eigenvalue weighted by molar-refractivity contribution is 6.00. The molecular weight excluding hydrogens is 310 g/mol. The van der Waals surface area contributed by atoms with Crippen molar-refractivity contribution in [3.63, 3.8) is 0 Å². The lowest BCUT2D eigenvalue weighted by atomic mass is 10.1. The maximum Gasteiger partial charge on any atom is 0.236 e. The molecule has 0 saturated carbocycles. The van der Waals surface area contributed by atoms with Gasteiger partial charge in [-0.25, -0.2) is 4.68 Å². The number of amides is 2. The summed E-state index contributed by atoms with van der Waals surface area (Å²) in [5.41, 5.74) is 1.53. The average molecular weight is 333 g/mol. The second kappa shape index (κ2) is 5.47. The van der Waals surface area contributed by atoms with Crippen molar-refractivity contribution in [2.24, 2.45) is 13.0 Å². The Morgan fingerprint density at radius 1 is 1.25 bits per heavy atom. The van der Waals surface area contributed by atoms with E-state index in [-0.39, 0.29) is 23.8 Å². The molecule has 0 aromatic carbocycles. The van der Waals surface area contributed by atoms with Crippen LogP contribution in [0.1, 0.15) is 12.1 Å². The van der Waals surface area contributed by atoms with Crippen molar-refractivity contribution in [2.45, 2.75) is 19.4 Å². The molecule has 2 amide bonds. The number of likely N-dealkylation sites (tertiary alicyclic amines) is 2. The van der Waals surface area contributed by atoms with Gasteiger partial charge in [0.1, 0.15) is 12.3 Å². The van der Waals surface area contributed by atoms with Crippen LogP contribution in [0, 0.1) is 12.8 Å². The van der Waals surface area contributed by atoms with E-state index in [1.54, 1.807) is 9.58 Å². The number of aromatic nitrogens is 2. The smallest absolute Gasteiger partial charge is 0.236 e. The summed E-state index contributed by atoms with van der Waals surface area (Å²) >= 11 is 0. The quantitative estimate of drug-likeness (QED) is 0.738. The molecule has 1 unspecified atom stereocenters. The molecule has 0 N–H and O–H groups in total. The first-order chi connectivity index (χ1) is 11.5. The summed E-state index contributed by atoms with van der Waals surface area (Å²) in [4.78, 5) is 31.2. The number of nitrogens with zero attached hydrogens (tertiary/aromatic N) is 5. The highest BCUT2D eigenvalue weighted by Crippen LogP contribution is 2.36. The van der Waals surface area contributed by atoms with E-state index < -0.39 is 0 Å². The van der Waals surface area contributed by atoms with Gasteiger partial charge in [-0.2, -0.15) is 5.10 Å². The fourth-order valence-corrected chi connectivity index (χ4v) is 4.00. The fraction of sp³-hybridized carbons (Fsp3) is 0.688. The van der Waals surface area contributed by atoms with Crippen molar-refractivity contribution in [3.05, 3.63) is 5.69 Å². The minimum absolute atomic E-state index is 0.0131. The van der Waals surface area contributed by atoms with Crippen LogP contribution in [-0.2, 0) is 16.6 Å². The molecule has 0 spiro atoms. The summed E-state index contributed by atoms with van der Waals surface area (Å²) in [5, 5.41) is 4.36. The summed E-state index contributed by atoms with van der Waals surface area (Å²) < 4.78 is 7.33. The van der Waals surface area contributed by atoms with E-state index in [4.69, 9.17) is 4.74 Å². The van der Waals surface area contributed by atoms with Gasteiger partial charge >= 0.3 is 0 Å². The Labute approximate surface area is 140 Å². The van der Waals surface area contributed by atoms with E-state index in [1.165, 1.54) is 0 Å². The van der Waals surface area contributed by atoms with Crippen LogP contribution in [0.25, 0.3) is 0 Å². The molecule has 1 atom stereocenters. The molecule has 0 radical (unpaired) electrons. The minimum atomic E-state index is -0.269. The number of anilines is 1. The molecular formula is C16H23N5O3.